The van der Waals surface area contributed by atoms with E-state index in [1.165, 1.54) is 41.0 Å². The lowest BCUT2D eigenvalue weighted by atomic mass is 9.85. The zero-order valence-corrected chi connectivity index (χ0v) is 12.2. The first kappa shape index (κ1) is 11.7. The van der Waals surface area contributed by atoms with Crippen LogP contribution in [0, 0.1) is 0 Å². The summed E-state index contributed by atoms with van der Waals surface area (Å²) in [5, 5.41) is 6.33. The number of carbonyl (C=O) groups is 1. The van der Waals surface area contributed by atoms with E-state index >= 15 is 0 Å². The topological polar surface area (TPSA) is 29.1 Å². The summed E-state index contributed by atoms with van der Waals surface area (Å²) in [5.41, 5.74) is 2.98. The lowest BCUT2D eigenvalue weighted by molar-refractivity contribution is -0.116. The van der Waals surface area contributed by atoms with Gasteiger partial charge in [-0.25, -0.2) is 0 Å². The lowest BCUT2D eigenvalue weighted by Crippen LogP contribution is -2.22. The summed E-state index contributed by atoms with van der Waals surface area (Å²) in [4.78, 5) is 14.8. The van der Waals surface area contributed by atoms with E-state index in [1.807, 2.05) is 11.3 Å². The van der Waals surface area contributed by atoms with E-state index in [9.17, 15) is 4.79 Å². The lowest BCUT2D eigenvalue weighted by Gasteiger charge is -2.24. The fraction of sp³-hybridized carbons (Fsp3) is 0.400. The summed E-state index contributed by atoms with van der Waals surface area (Å²) in [6, 6.07) is 4.26. The van der Waals surface area contributed by atoms with Crippen LogP contribution in [0.1, 0.15) is 46.1 Å². The molecule has 3 heterocycles. The highest BCUT2D eigenvalue weighted by Gasteiger charge is 2.33. The smallest absolute Gasteiger partial charge is 0.225 e. The number of nitrogens with one attached hydrogen (secondary N) is 1. The Morgan fingerprint density at radius 2 is 2.16 bits per heavy atom. The van der Waals surface area contributed by atoms with Crippen LogP contribution >= 0.6 is 22.7 Å². The van der Waals surface area contributed by atoms with E-state index in [0.29, 0.717) is 12.3 Å². The van der Waals surface area contributed by atoms with E-state index in [-0.39, 0.29) is 5.91 Å². The normalized spacial score (nSPS) is 21.7. The molecule has 0 aromatic carbocycles. The van der Waals surface area contributed by atoms with Gasteiger partial charge in [-0.3, -0.25) is 4.79 Å². The van der Waals surface area contributed by atoms with Crippen LogP contribution in [-0.2, 0) is 17.6 Å². The molecule has 0 radical (unpaired) electrons. The molecular formula is C15H15NOS2. The molecule has 98 valence electrons. The number of rotatable bonds is 1. The number of anilines is 1. The maximum Gasteiger partial charge on any atom is 0.225 e. The van der Waals surface area contributed by atoms with Crippen LogP contribution in [0.25, 0.3) is 0 Å². The summed E-state index contributed by atoms with van der Waals surface area (Å²) in [7, 11) is 0. The third-order valence-corrected chi connectivity index (χ3v) is 6.30. The van der Waals surface area contributed by atoms with Gasteiger partial charge in [0.1, 0.15) is 0 Å². The molecule has 4 rings (SSSR count). The number of fused-ring (bicyclic) bond motifs is 3. The van der Waals surface area contributed by atoms with Crippen LogP contribution in [0.5, 0.6) is 0 Å². The highest BCUT2D eigenvalue weighted by molar-refractivity contribution is 7.16. The Hall–Kier alpha value is -1.13. The molecule has 1 amide bonds. The fourth-order valence-electron chi connectivity index (χ4n) is 3.25. The zero-order valence-electron chi connectivity index (χ0n) is 10.6. The second kappa shape index (κ2) is 4.46. The number of thiophene rings is 2. The Morgan fingerprint density at radius 3 is 3.00 bits per heavy atom. The molecule has 19 heavy (non-hydrogen) atoms. The highest BCUT2D eigenvalue weighted by atomic mass is 32.1. The SMILES string of the molecule is O=C1C[C@@H](c2cccs2)c2c(sc3c2CCCC3)N1. The van der Waals surface area contributed by atoms with Crippen molar-refractivity contribution in [1.82, 2.24) is 0 Å². The summed E-state index contributed by atoms with van der Waals surface area (Å²) >= 11 is 3.59. The quantitative estimate of drug-likeness (QED) is 0.839. The second-order valence-electron chi connectivity index (χ2n) is 5.27. The van der Waals surface area contributed by atoms with Crippen molar-refractivity contribution in [3.8, 4) is 0 Å². The monoisotopic (exact) mass is 289 g/mol. The largest absolute Gasteiger partial charge is 0.317 e. The number of carbonyl (C=O) groups excluding carboxylic acids is 1. The molecular weight excluding hydrogens is 274 g/mol. The molecule has 2 aromatic heterocycles. The van der Waals surface area contributed by atoms with Gasteiger partial charge in [0.05, 0.1) is 5.00 Å². The standard InChI is InChI=1S/C15H15NOS2/c17-13-8-10(11-6-3-7-18-11)14-9-4-1-2-5-12(9)19-15(14)16-13/h3,6-7,10H,1-2,4-5,8H2,(H,16,17)/t10-/m0/s1. The van der Waals surface area contributed by atoms with Crippen molar-refractivity contribution >= 4 is 33.6 Å². The molecule has 0 bridgehead atoms. The first-order valence-corrected chi connectivity index (χ1v) is 8.50. The van der Waals surface area contributed by atoms with E-state index in [4.69, 9.17) is 0 Å². The minimum absolute atomic E-state index is 0.171. The Bertz CT molecular complexity index is 627. The van der Waals surface area contributed by atoms with Crippen LogP contribution in [0.4, 0.5) is 5.00 Å². The molecule has 1 N–H and O–H groups in total. The van der Waals surface area contributed by atoms with Crippen molar-refractivity contribution in [2.45, 2.75) is 38.0 Å². The Labute approximate surface area is 120 Å². The van der Waals surface area contributed by atoms with Crippen molar-refractivity contribution in [2.24, 2.45) is 0 Å². The molecule has 1 atom stereocenters. The molecule has 0 saturated heterocycles. The van der Waals surface area contributed by atoms with Gasteiger partial charge in [0, 0.05) is 22.1 Å². The first-order valence-electron chi connectivity index (χ1n) is 6.80. The van der Waals surface area contributed by atoms with Crippen molar-refractivity contribution in [1.29, 1.82) is 0 Å². The number of hydrogen-bond donors (Lipinski definition) is 1. The van der Waals surface area contributed by atoms with E-state index < -0.39 is 0 Å². The summed E-state index contributed by atoms with van der Waals surface area (Å²) in [6.45, 7) is 0. The molecule has 2 aliphatic rings. The minimum Gasteiger partial charge on any atom is -0.317 e. The van der Waals surface area contributed by atoms with Gasteiger partial charge < -0.3 is 5.32 Å². The second-order valence-corrected chi connectivity index (χ2v) is 7.36. The fourth-order valence-corrected chi connectivity index (χ4v) is 5.45. The van der Waals surface area contributed by atoms with Crippen molar-refractivity contribution in [3.63, 3.8) is 0 Å². The Kier molecular flexibility index (Phi) is 2.74. The van der Waals surface area contributed by atoms with Crippen LogP contribution < -0.4 is 5.32 Å². The number of amides is 1. The average Bonchev–Trinajstić information content (AvgIpc) is 3.04. The van der Waals surface area contributed by atoms with Gasteiger partial charge in [0.2, 0.25) is 5.91 Å². The molecule has 1 aliphatic heterocycles. The minimum atomic E-state index is 0.171. The predicted molar refractivity (Wildman–Crippen MR) is 80.4 cm³/mol. The molecule has 0 fully saturated rings. The number of hydrogen-bond acceptors (Lipinski definition) is 3. The van der Waals surface area contributed by atoms with Crippen LogP contribution in [0.2, 0.25) is 0 Å². The van der Waals surface area contributed by atoms with Gasteiger partial charge in [-0.05, 0) is 48.3 Å². The summed E-state index contributed by atoms with van der Waals surface area (Å²) in [6.07, 6.45) is 5.58. The van der Waals surface area contributed by atoms with Gasteiger partial charge >= 0.3 is 0 Å². The van der Waals surface area contributed by atoms with E-state index in [0.717, 1.165) is 5.00 Å². The van der Waals surface area contributed by atoms with Crippen LogP contribution in [0.15, 0.2) is 17.5 Å². The maximum absolute atomic E-state index is 11.9. The van der Waals surface area contributed by atoms with Gasteiger partial charge in [-0.15, -0.1) is 22.7 Å². The molecule has 2 aromatic rings. The van der Waals surface area contributed by atoms with Crippen molar-refractivity contribution < 1.29 is 4.79 Å². The van der Waals surface area contributed by atoms with Crippen LogP contribution in [-0.4, -0.2) is 5.91 Å². The molecule has 0 unspecified atom stereocenters. The third kappa shape index (κ3) is 1.85. The van der Waals surface area contributed by atoms with E-state index in [2.05, 4.69) is 22.8 Å². The summed E-state index contributed by atoms with van der Waals surface area (Å²) < 4.78 is 0. The Balaban J connectivity index is 1.88. The van der Waals surface area contributed by atoms with Gasteiger partial charge in [-0.2, -0.15) is 0 Å². The highest BCUT2D eigenvalue weighted by Crippen LogP contribution is 2.48. The van der Waals surface area contributed by atoms with Gasteiger partial charge in [-0.1, -0.05) is 6.07 Å². The predicted octanol–water partition coefficient (Wildman–Crippen LogP) is 4.16. The zero-order chi connectivity index (χ0) is 12.8. The van der Waals surface area contributed by atoms with Gasteiger partial charge in [0.15, 0.2) is 0 Å². The van der Waals surface area contributed by atoms with E-state index in [1.54, 1.807) is 16.9 Å². The van der Waals surface area contributed by atoms with Crippen molar-refractivity contribution in [2.75, 3.05) is 5.32 Å². The average molecular weight is 289 g/mol. The maximum atomic E-state index is 11.9. The van der Waals surface area contributed by atoms with Gasteiger partial charge in [0.25, 0.3) is 0 Å². The number of aryl methyl sites for hydroxylation is 1. The molecule has 0 saturated carbocycles. The summed E-state index contributed by atoms with van der Waals surface area (Å²) in [5.74, 6) is 0.464. The molecule has 1 aliphatic carbocycles. The molecule has 0 spiro atoms. The Morgan fingerprint density at radius 1 is 1.26 bits per heavy atom. The van der Waals surface area contributed by atoms with Crippen LogP contribution in [0.3, 0.4) is 0 Å². The third-order valence-electron chi connectivity index (χ3n) is 4.09. The first-order chi connectivity index (χ1) is 9.33. The molecule has 4 heteroatoms. The molecule has 2 nitrogen and oxygen atoms in total. The van der Waals surface area contributed by atoms with Crippen molar-refractivity contribution in [3.05, 3.63) is 38.4 Å².